The van der Waals surface area contributed by atoms with Gasteiger partial charge in [-0.2, -0.15) is 17.6 Å². The molecule has 17 heavy (non-hydrogen) atoms. The first-order valence-corrected chi connectivity index (χ1v) is 3.58. The summed E-state index contributed by atoms with van der Waals surface area (Å²) >= 11 is 4.27. The van der Waals surface area contributed by atoms with E-state index in [-0.39, 0.29) is 12.4 Å². The van der Waals surface area contributed by atoms with Gasteiger partial charge in [0.25, 0.3) is 5.24 Å². The van der Waals surface area contributed by atoms with Crippen molar-refractivity contribution in [2.45, 2.75) is 11.8 Å². The zero-order valence-corrected chi connectivity index (χ0v) is 8.89. The van der Waals surface area contributed by atoms with Crippen molar-refractivity contribution in [3.63, 3.8) is 0 Å². The van der Waals surface area contributed by atoms with Crippen molar-refractivity contribution >= 4 is 35.2 Å². The van der Waals surface area contributed by atoms with E-state index in [9.17, 15) is 35.9 Å². The molecule has 11 heteroatoms. The number of allylic oxidation sites excluding steroid dienone is 1. The molecule has 0 aliphatic rings. The second kappa shape index (κ2) is 5.58. The molecular formula is C6H2Cl2F6O3. The number of alkyl halides is 4. The van der Waals surface area contributed by atoms with E-state index in [0.29, 0.717) is 0 Å². The minimum Gasteiger partial charge on any atom is -0.478 e. The van der Waals surface area contributed by atoms with Gasteiger partial charge in [-0.25, -0.2) is 13.6 Å². The molecule has 0 aliphatic carbocycles. The van der Waals surface area contributed by atoms with Crippen LogP contribution < -0.4 is 0 Å². The average molecular weight is 307 g/mol. The van der Waals surface area contributed by atoms with E-state index in [1.165, 1.54) is 0 Å². The average Bonchev–Trinajstić information content (AvgIpc) is 2.11. The van der Waals surface area contributed by atoms with Gasteiger partial charge in [0, 0.05) is 0 Å². The molecule has 0 amide bonds. The van der Waals surface area contributed by atoms with Gasteiger partial charge in [-0.1, -0.05) is 0 Å². The quantitative estimate of drug-likeness (QED) is 0.495. The summed E-state index contributed by atoms with van der Waals surface area (Å²) in [5, 5.41) is 5.36. The van der Waals surface area contributed by atoms with Crippen LogP contribution in [0.2, 0.25) is 0 Å². The highest BCUT2D eigenvalue weighted by molar-refractivity contribution is 6.67. The number of rotatable bonds is 3. The van der Waals surface area contributed by atoms with Crippen molar-refractivity contribution in [3.05, 3.63) is 11.7 Å². The van der Waals surface area contributed by atoms with Crippen LogP contribution in [0.3, 0.4) is 0 Å². The van der Waals surface area contributed by atoms with E-state index in [1.807, 2.05) is 0 Å². The molecule has 1 unspecified atom stereocenters. The Morgan fingerprint density at radius 1 is 1.00 bits per heavy atom. The first-order chi connectivity index (χ1) is 6.95. The molecule has 0 saturated carbocycles. The second-order valence-electron chi connectivity index (χ2n) is 2.36. The van der Waals surface area contributed by atoms with Gasteiger partial charge in [0.05, 0.1) is 0 Å². The fourth-order valence-corrected chi connectivity index (χ4v) is 0.704. The molecule has 0 fully saturated rings. The van der Waals surface area contributed by atoms with Gasteiger partial charge in [-0.3, -0.25) is 4.79 Å². The number of carboxylic acids is 1. The fraction of sp³-hybridized carbons (Fsp3) is 0.333. The maximum Gasteiger partial charge on any atom is 0.445 e. The number of halogens is 8. The molecule has 1 atom stereocenters. The Balaban J connectivity index is 0. The van der Waals surface area contributed by atoms with Crippen molar-refractivity contribution < 1.29 is 41.0 Å². The smallest absolute Gasteiger partial charge is 0.445 e. The van der Waals surface area contributed by atoms with Gasteiger partial charge in [-0.15, -0.1) is 12.4 Å². The Bertz CT molecular complexity index is 349. The fourth-order valence-electron chi connectivity index (χ4n) is 0.540. The van der Waals surface area contributed by atoms with E-state index in [4.69, 9.17) is 5.11 Å². The Morgan fingerprint density at radius 2 is 1.35 bits per heavy atom. The lowest BCUT2D eigenvalue weighted by molar-refractivity contribution is -0.153. The number of hydrogen-bond acceptors (Lipinski definition) is 2. The molecule has 100 valence electrons. The lowest BCUT2D eigenvalue weighted by Crippen LogP contribution is -2.41. The molecule has 0 rings (SSSR count). The molecule has 0 aromatic heterocycles. The van der Waals surface area contributed by atoms with Crippen molar-refractivity contribution in [1.29, 1.82) is 0 Å². The Labute approximate surface area is 100 Å². The summed E-state index contributed by atoms with van der Waals surface area (Å²) in [5.41, 5.74) is -4.90. The normalized spacial score (nSPS) is 16.4. The summed E-state index contributed by atoms with van der Waals surface area (Å²) in [6.07, 6.45) is -5.97. The SMILES string of the molecule is Cl.O=C(O)C(F)(C(=O)Cl)C(F)=C(F)C(F)(F)F. The van der Waals surface area contributed by atoms with Gasteiger partial charge in [-0.05, 0) is 11.6 Å². The second-order valence-corrected chi connectivity index (χ2v) is 2.71. The molecule has 0 aliphatic heterocycles. The Morgan fingerprint density at radius 3 is 1.53 bits per heavy atom. The van der Waals surface area contributed by atoms with Gasteiger partial charge in [0.2, 0.25) is 5.83 Å². The minimum atomic E-state index is -5.97. The third-order valence-corrected chi connectivity index (χ3v) is 1.57. The van der Waals surface area contributed by atoms with Crippen LogP contribution in [-0.2, 0) is 9.59 Å². The summed E-state index contributed by atoms with van der Waals surface area (Å²) in [4.78, 5) is 20.2. The minimum absolute atomic E-state index is 0. The molecule has 0 spiro atoms. The summed E-state index contributed by atoms with van der Waals surface area (Å²) in [6.45, 7) is 0. The molecular weight excluding hydrogens is 305 g/mol. The highest BCUT2D eigenvalue weighted by Gasteiger charge is 2.56. The third kappa shape index (κ3) is 3.50. The van der Waals surface area contributed by atoms with Crippen LogP contribution in [0.1, 0.15) is 0 Å². The lowest BCUT2D eigenvalue weighted by atomic mass is 10.1. The van der Waals surface area contributed by atoms with Crippen molar-refractivity contribution in [2.24, 2.45) is 0 Å². The molecule has 0 bridgehead atoms. The van der Waals surface area contributed by atoms with Crippen LogP contribution >= 0.6 is 24.0 Å². The molecule has 3 nitrogen and oxygen atoms in total. The van der Waals surface area contributed by atoms with Crippen LogP contribution in [-0.4, -0.2) is 28.2 Å². The van der Waals surface area contributed by atoms with Gasteiger partial charge < -0.3 is 5.11 Å². The van der Waals surface area contributed by atoms with E-state index in [2.05, 4.69) is 11.6 Å². The number of hydrogen-bond donors (Lipinski definition) is 1. The topological polar surface area (TPSA) is 54.4 Å². The first kappa shape index (κ1) is 18.4. The standard InChI is InChI=1S/C6HClF6O3.ClH/c7-3(14)5(10,4(15)16)1(8)2(9)6(11,12)13;/h(H,15,16);1H. The van der Waals surface area contributed by atoms with Crippen molar-refractivity contribution in [2.75, 3.05) is 0 Å². The third-order valence-electron chi connectivity index (χ3n) is 1.31. The maximum absolute atomic E-state index is 13.0. The van der Waals surface area contributed by atoms with Crippen LogP contribution in [0.15, 0.2) is 11.7 Å². The van der Waals surface area contributed by atoms with Crippen LogP contribution in [0.5, 0.6) is 0 Å². The van der Waals surface area contributed by atoms with E-state index in [0.717, 1.165) is 0 Å². The van der Waals surface area contributed by atoms with Gasteiger partial charge >= 0.3 is 17.8 Å². The summed E-state index contributed by atoms with van der Waals surface area (Å²) in [5.74, 6) is -10.1. The number of carbonyl (C=O) groups excluding carboxylic acids is 1. The predicted molar refractivity (Wildman–Crippen MR) is 44.9 cm³/mol. The largest absolute Gasteiger partial charge is 0.478 e. The predicted octanol–water partition coefficient (Wildman–Crippen LogP) is 2.68. The number of carboxylic acid groups (broad SMARTS) is 1. The van der Waals surface area contributed by atoms with E-state index < -0.39 is 34.7 Å². The first-order valence-electron chi connectivity index (χ1n) is 3.20. The molecule has 0 aromatic rings. The molecule has 0 heterocycles. The van der Waals surface area contributed by atoms with E-state index in [1.54, 1.807) is 0 Å². The lowest BCUT2D eigenvalue weighted by Gasteiger charge is -2.15. The van der Waals surface area contributed by atoms with Crippen molar-refractivity contribution in [1.82, 2.24) is 0 Å². The highest BCUT2D eigenvalue weighted by atomic mass is 35.5. The Kier molecular flexibility index (Phi) is 6.05. The van der Waals surface area contributed by atoms with Crippen LogP contribution in [0, 0.1) is 0 Å². The molecule has 1 N–H and O–H groups in total. The molecule has 0 radical (unpaired) electrons. The van der Waals surface area contributed by atoms with Crippen molar-refractivity contribution in [3.8, 4) is 0 Å². The zero-order valence-electron chi connectivity index (χ0n) is 7.32. The monoisotopic (exact) mass is 306 g/mol. The van der Waals surface area contributed by atoms with Gasteiger partial charge in [0.1, 0.15) is 0 Å². The molecule has 0 aromatic carbocycles. The van der Waals surface area contributed by atoms with Crippen LogP contribution in [0.4, 0.5) is 26.3 Å². The summed E-state index contributed by atoms with van der Waals surface area (Å²) in [7, 11) is 0. The van der Waals surface area contributed by atoms with Gasteiger partial charge in [0.15, 0.2) is 5.83 Å². The van der Waals surface area contributed by atoms with Crippen LogP contribution in [0.25, 0.3) is 0 Å². The number of carbonyl (C=O) groups is 2. The highest BCUT2D eigenvalue weighted by Crippen LogP contribution is 2.37. The number of aliphatic carboxylic acids is 1. The van der Waals surface area contributed by atoms with E-state index >= 15 is 0 Å². The summed E-state index contributed by atoms with van der Waals surface area (Å²) in [6, 6.07) is 0. The summed E-state index contributed by atoms with van der Waals surface area (Å²) < 4.78 is 72.4. The molecule has 0 saturated heterocycles. The Hall–Kier alpha value is -0.960. The maximum atomic E-state index is 13.0. The zero-order chi connectivity index (χ0) is 13.3.